The first kappa shape index (κ1) is 25.7. The van der Waals surface area contributed by atoms with Crippen molar-refractivity contribution in [2.45, 2.75) is 45.7 Å². The topological polar surface area (TPSA) is 108 Å². The third-order valence-electron chi connectivity index (χ3n) is 7.06. The van der Waals surface area contributed by atoms with Crippen molar-refractivity contribution in [3.63, 3.8) is 0 Å². The number of amides is 2. The maximum atomic E-state index is 14.2. The van der Waals surface area contributed by atoms with Gasteiger partial charge in [0.05, 0.1) is 25.8 Å². The second-order valence-electron chi connectivity index (χ2n) is 9.52. The van der Waals surface area contributed by atoms with Crippen molar-refractivity contribution in [3.05, 3.63) is 51.1 Å². The maximum absolute atomic E-state index is 14.2. The van der Waals surface area contributed by atoms with Gasteiger partial charge >= 0.3 is 0 Å². The zero-order valence-electron chi connectivity index (χ0n) is 21.5. The Kier molecular flexibility index (Phi) is 6.80. The molecule has 1 aromatic carbocycles. The van der Waals surface area contributed by atoms with Crippen molar-refractivity contribution in [1.82, 2.24) is 24.6 Å². The molecule has 2 aliphatic rings. The first-order valence-corrected chi connectivity index (χ1v) is 12.7. The Labute approximate surface area is 217 Å². The van der Waals surface area contributed by atoms with E-state index < -0.39 is 23.1 Å². The fraction of sp³-hybridized carbons (Fsp3) is 0.462. The number of halogens is 2. The molecule has 0 spiro atoms. The third kappa shape index (κ3) is 4.17. The lowest BCUT2D eigenvalue weighted by atomic mass is 10.1. The van der Waals surface area contributed by atoms with Crippen LogP contribution in [0.4, 0.5) is 8.78 Å². The van der Waals surface area contributed by atoms with E-state index in [0.717, 1.165) is 23.2 Å². The molecule has 2 aromatic heterocycles. The minimum absolute atomic E-state index is 0.0259. The van der Waals surface area contributed by atoms with Crippen molar-refractivity contribution in [3.8, 4) is 11.5 Å². The molecular formula is C26H29F2N5O5. The van der Waals surface area contributed by atoms with E-state index in [9.17, 15) is 23.2 Å². The van der Waals surface area contributed by atoms with Crippen molar-refractivity contribution >= 4 is 22.7 Å². The molecule has 202 valence electrons. The summed E-state index contributed by atoms with van der Waals surface area (Å²) in [6.45, 7) is 4.92. The van der Waals surface area contributed by atoms with E-state index >= 15 is 0 Å². The van der Waals surface area contributed by atoms with Crippen LogP contribution in [0.25, 0.3) is 10.9 Å². The number of fused-ring (bicyclic) bond motifs is 7. The summed E-state index contributed by atoms with van der Waals surface area (Å²) in [6.07, 6.45) is 2.02. The summed E-state index contributed by atoms with van der Waals surface area (Å²) < 4.78 is 42.3. The van der Waals surface area contributed by atoms with Crippen LogP contribution in [-0.4, -0.2) is 64.4 Å². The van der Waals surface area contributed by atoms with E-state index in [1.807, 2.05) is 13.8 Å². The Hall–Kier alpha value is -3.96. The Bertz CT molecular complexity index is 1500. The molecule has 2 aliphatic heterocycles. The normalized spacial score (nSPS) is 18.3. The molecule has 3 aromatic rings. The van der Waals surface area contributed by atoms with E-state index in [1.165, 1.54) is 7.11 Å². The average molecular weight is 530 g/mol. The number of benzene rings is 1. The molecule has 0 fully saturated rings. The summed E-state index contributed by atoms with van der Waals surface area (Å²) in [7, 11) is 1.36. The van der Waals surface area contributed by atoms with Crippen LogP contribution in [0, 0.1) is 11.6 Å². The Balaban J connectivity index is 1.81. The Morgan fingerprint density at radius 2 is 1.92 bits per heavy atom. The molecule has 2 bridgehead atoms. The lowest BCUT2D eigenvalue weighted by Gasteiger charge is -2.32. The monoisotopic (exact) mass is 529 g/mol. The number of nitrogens with one attached hydrogen (secondary N) is 1. The molecule has 2 amide bonds. The van der Waals surface area contributed by atoms with Gasteiger partial charge in [-0.05, 0) is 39.2 Å². The van der Waals surface area contributed by atoms with Gasteiger partial charge in [0.15, 0.2) is 28.8 Å². The smallest absolute Gasteiger partial charge is 0.280 e. The van der Waals surface area contributed by atoms with Crippen molar-refractivity contribution in [1.29, 1.82) is 0 Å². The lowest BCUT2D eigenvalue weighted by Crippen LogP contribution is -2.42. The van der Waals surface area contributed by atoms with E-state index in [4.69, 9.17) is 9.47 Å². The lowest BCUT2D eigenvalue weighted by molar-refractivity contribution is 0.0684. The zero-order valence-corrected chi connectivity index (χ0v) is 21.5. The first-order valence-electron chi connectivity index (χ1n) is 12.7. The number of likely N-dealkylation sites (N-methyl/N-ethyl adjacent to an activating group) is 1. The molecule has 1 N–H and O–H groups in total. The number of nitrogens with zero attached hydrogens (tertiary/aromatic N) is 4. The molecule has 1 atom stereocenters. The quantitative estimate of drug-likeness (QED) is 0.547. The van der Waals surface area contributed by atoms with E-state index in [1.54, 1.807) is 9.47 Å². The van der Waals surface area contributed by atoms with Crippen LogP contribution >= 0.6 is 0 Å². The van der Waals surface area contributed by atoms with Gasteiger partial charge in [0, 0.05) is 37.3 Å². The number of hydrogen-bond acceptors (Lipinski definition) is 6. The Morgan fingerprint density at radius 3 is 2.66 bits per heavy atom. The summed E-state index contributed by atoms with van der Waals surface area (Å²) in [6, 6.07) is 1.64. The summed E-state index contributed by atoms with van der Waals surface area (Å²) in [5.41, 5.74) is -0.132. The SMILES string of the molecule is CCN1C[C@H](C)n2c(c(OC)c3c(=O)n4nc(c32)C(=O)NCCCCCOc2cc(F)c(F)cc2C4)C1=O. The minimum atomic E-state index is -1.10. The van der Waals surface area contributed by atoms with Crippen LogP contribution in [-0.2, 0) is 6.54 Å². The van der Waals surface area contributed by atoms with Crippen LogP contribution in [0.15, 0.2) is 16.9 Å². The van der Waals surface area contributed by atoms with Crippen LogP contribution in [0.2, 0.25) is 0 Å². The molecule has 10 nitrogen and oxygen atoms in total. The van der Waals surface area contributed by atoms with Crippen molar-refractivity contribution < 1.29 is 27.8 Å². The molecule has 5 rings (SSSR count). The predicted molar refractivity (Wildman–Crippen MR) is 134 cm³/mol. The molecule has 0 saturated carbocycles. The van der Waals surface area contributed by atoms with Crippen LogP contribution in [0.3, 0.4) is 0 Å². The molecule has 12 heteroatoms. The summed E-state index contributed by atoms with van der Waals surface area (Å²) in [5, 5.41) is 7.28. The second-order valence-corrected chi connectivity index (χ2v) is 9.52. The standard InChI is InChI=1S/C26H29F2N5O5/c1-4-31-12-14(2)33-21-19(23(37-3)22(33)26(31)36)25(35)32-13-15-10-16(27)17(28)11-18(15)38-9-7-5-6-8-29-24(34)20(21)30-32/h10-11,14H,4-9,12-13H2,1-3H3,(H,29,34)/t14-/m0/s1. The van der Waals surface area contributed by atoms with Gasteiger partial charge in [0.2, 0.25) is 0 Å². The predicted octanol–water partition coefficient (Wildman–Crippen LogP) is 2.86. The van der Waals surface area contributed by atoms with E-state index in [-0.39, 0.29) is 64.5 Å². The number of aromatic nitrogens is 3. The highest BCUT2D eigenvalue weighted by Crippen LogP contribution is 2.38. The number of carbonyl (C=O) groups excluding carboxylic acids is 2. The molecule has 38 heavy (non-hydrogen) atoms. The molecule has 0 unspecified atom stereocenters. The van der Waals surface area contributed by atoms with Crippen molar-refractivity contribution in [2.75, 3.05) is 33.4 Å². The first-order chi connectivity index (χ1) is 18.3. The fourth-order valence-corrected chi connectivity index (χ4v) is 5.21. The largest absolute Gasteiger partial charge is 0.493 e. The zero-order chi connectivity index (χ0) is 27.1. The number of hydrogen-bond donors (Lipinski definition) is 1. The van der Waals surface area contributed by atoms with Gasteiger partial charge in [-0.25, -0.2) is 13.5 Å². The van der Waals surface area contributed by atoms with Gasteiger partial charge in [-0.15, -0.1) is 0 Å². The van der Waals surface area contributed by atoms with E-state index in [0.29, 0.717) is 32.5 Å². The number of ether oxygens (including phenoxy) is 2. The molecule has 0 aliphatic carbocycles. The van der Waals surface area contributed by atoms with Gasteiger partial charge in [-0.1, -0.05) is 0 Å². The van der Waals surface area contributed by atoms with Gasteiger partial charge in [-0.3, -0.25) is 14.4 Å². The molecule has 0 saturated heterocycles. The highest BCUT2D eigenvalue weighted by atomic mass is 19.2. The maximum Gasteiger partial charge on any atom is 0.280 e. The van der Waals surface area contributed by atoms with Crippen LogP contribution in [0.5, 0.6) is 11.5 Å². The van der Waals surface area contributed by atoms with Gasteiger partial charge in [-0.2, -0.15) is 5.10 Å². The number of carbonyl (C=O) groups is 2. The van der Waals surface area contributed by atoms with Gasteiger partial charge < -0.3 is 24.3 Å². The molecule has 0 radical (unpaired) electrons. The van der Waals surface area contributed by atoms with Gasteiger partial charge in [0.1, 0.15) is 11.1 Å². The third-order valence-corrected chi connectivity index (χ3v) is 7.06. The van der Waals surface area contributed by atoms with Gasteiger partial charge in [0.25, 0.3) is 17.4 Å². The number of rotatable bonds is 2. The summed E-state index contributed by atoms with van der Waals surface area (Å²) in [5.74, 6) is -2.87. The van der Waals surface area contributed by atoms with Crippen LogP contribution in [0.1, 0.15) is 65.7 Å². The molecule has 4 heterocycles. The minimum Gasteiger partial charge on any atom is -0.493 e. The van der Waals surface area contributed by atoms with Crippen LogP contribution < -0.4 is 20.3 Å². The fourth-order valence-electron chi connectivity index (χ4n) is 5.21. The highest BCUT2D eigenvalue weighted by Gasteiger charge is 2.38. The summed E-state index contributed by atoms with van der Waals surface area (Å²) >= 11 is 0. The highest BCUT2D eigenvalue weighted by molar-refractivity contribution is 6.10. The average Bonchev–Trinajstić information content (AvgIpc) is 3.25. The Morgan fingerprint density at radius 1 is 1.16 bits per heavy atom. The van der Waals surface area contributed by atoms with Crippen molar-refractivity contribution in [2.24, 2.45) is 0 Å². The second kappa shape index (κ2) is 10.1. The summed E-state index contributed by atoms with van der Waals surface area (Å²) in [4.78, 5) is 42.3. The number of methoxy groups -OCH3 is 1. The molecular weight excluding hydrogens is 500 g/mol. The van der Waals surface area contributed by atoms with E-state index in [2.05, 4.69) is 10.4 Å².